The fourth-order valence-corrected chi connectivity index (χ4v) is 2.96. The summed E-state index contributed by atoms with van der Waals surface area (Å²) in [5, 5.41) is 11.5. The van der Waals surface area contributed by atoms with E-state index in [2.05, 4.69) is 52.6 Å². The standard InChI is InChI=1S/C19H26N4.C5H12O/c1-7-15-14(10-11-17(22-15)20-9-3)19-16(8-2)21-13(6)18(23-19)12(4)5;1-5(2)3-4-6/h10-11H,4,7-9H2,1-3,5-6H3,(H,20,22);5-6H,3-4H2,1-2H3. The van der Waals surface area contributed by atoms with E-state index in [0.29, 0.717) is 12.5 Å². The molecule has 0 amide bonds. The Bertz CT molecular complexity index is 800. The number of allylic oxidation sites excluding steroid dienone is 1. The molecule has 0 aliphatic heterocycles. The molecule has 2 aromatic rings. The highest BCUT2D eigenvalue weighted by molar-refractivity contribution is 5.69. The Morgan fingerprint density at radius 2 is 1.72 bits per heavy atom. The third-order valence-corrected chi connectivity index (χ3v) is 4.51. The van der Waals surface area contributed by atoms with Crippen LogP contribution in [0.15, 0.2) is 18.7 Å². The molecule has 5 nitrogen and oxygen atoms in total. The summed E-state index contributed by atoms with van der Waals surface area (Å²) in [6.07, 6.45) is 2.63. The van der Waals surface area contributed by atoms with Crippen molar-refractivity contribution in [1.29, 1.82) is 0 Å². The van der Waals surface area contributed by atoms with Crippen molar-refractivity contribution in [3.05, 3.63) is 41.5 Å². The first-order chi connectivity index (χ1) is 13.8. The number of aliphatic hydroxyl groups is 1. The number of aromatic nitrogens is 3. The fraction of sp³-hybridized carbons (Fsp3) is 0.542. The minimum atomic E-state index is 0.331. The van der Waals surface area contributed by atoms with E-state index in [1.165, 1.54) is 0 Å². The average molecular weight is 399 g/mol. The highest BCUT2D eigenvalue weighted by atomic mass is 16.3. The van der Waals surface area contributed by atoms with Crippen molar-refractivity contribution >= 4 is 11.4 Å². The van der Waals surface area contributed by atoms with Crippen molar-refractivity contribution in [2.24, 2.45) is 5.92 Å². The van der Waals surface area contributed by atoms with Gasteiger partial charge in [-0.3, -0.25) is 4.98 Å². The van der Waals surface area contributed by atoms with Crippen LogP contribution in [0.5, 0.6) is 0 Å². The van der Waals surface area contributed by atoms with Crippen molar-refractivity contribution in [3.8, 4) is 11.3 Å². The maximum absolute atomic E-state index is 8.24. The molecule has 2 aromatic heterocycles. The second kappa shape index (κ2) is 12.3. The lowest BCUT2D eigenvalue weighted by molar-refractivity contribution is 0.268. The minimum Gasteiger partial charge on any atom is -0.396 e. The van der Waals surface area contributed by atoms with E-state index in [1.807, 2.05) is 19.9 Å². The van der Waals surface area contributed by atoms with E-state index in [-0.39, 0.29) is 0 Å². The molecule has 0 aromatic carbocycles. The Morgan fingerprint density at radius 1 is 1.07 bits per heavy atom. The molecule has 0 aliphatic rings. The van der Waals surface area contributed by atoms with Gasteiger partial charge in [-0.2, -0.15) is 0 Å². The summed E-state index contributed by atoms with van der Waals surface area (Å²) in [6, 6.07) is 4.12. The summed E-state index contributed by atoms with van der Waals surface area (Å²) < 4.78 is 0. The van der Waals surface area contributed by atoms with Gasteiger partial charge in [0.25, 0.3) is 0 Å². The third kappa shape index (κ3) is 7.24. The van der Waals surface area contributed by atoms with Crippen LogP contribution in [0, 0.1) is 12.8 Å². The van der Waals surface area contributed by atoms with Gasteiger partial charge in [0.05, 0.1) is 28.5 Å². The fourth-order valence-electron chi connectivity index (χ4n) is 2.96. The second-order valence-corrected chi connectivity index (χ2v) is 7.57. The number of aryl methyl sites for hydroxylation is 3. The van der Waals surface area contributed by atoms with Gasteiger partial charge >= 0.3 is 0 Å². The van der Waals surface area contributed by atoms with Crippen molar-refractivity contribution in [2.75, 3.05) is 18.5 Å². The molecule has 2 rings (SSSR count). The van der Waals surface area contributed by atoms with E-state index in [4.69, 9.17) is 20.1 Å². The zero-order chi connectivity index (χ0) is 22.0. The average Bonchev–Trinajstić information content (AvgIpc) is 2.68. The van der Waals surface area contributed by atoms with Gasteiger partial charge < -0.3 is 10.4 Å². The third-order valence-electron chi connectivity index (χ3n) is 4.51. The second-order valence-electron chi connectivity index (χ2n) is 7.57. The molecule has 5 heteroatoms. The maximum atomic E-state index is 8.24. The number of pyridine rings is 1. The van der Waals surface area contributed by atoms with E-state index in [9.17, 15) is 0 Å². The number of hydrogen-bond acceptors (Lipinski definition) is 5. The van der Waals surface area contributed by atoms with Gasteiger partial charge in [0.15, 0.2) is 0 Å². The first kappa shape index (κ1) is 24.8. The van der Waals surface area contributed by atoms with Gasteiger partial charge in [-0.15, -0.1) is 0 Å². The number of hydrogen-bond donors (Lipinski definition) is 2. The quantitative estimate of drug-likeness (QED) is 0.618. The van der Waals surface area contributed by atoms with Gasteiger partial charge in [0.2, 0.25) is 0 Å². The Kier molecular flexibility index (Phi) is 10.5. The van der Waals surface area contributed by atoms with Crippen LogP contribution in [0.2, 0.25) is 0 Å². The van der Waals surface area contributed by atoms with Crippen molar-refractivity contribution < 1.29 is 5.11 Å². The van der Waals surface area contributed by atoms with Crippen LogP contribution >= 0.6 is 0 Å². The smallest absolute Gasteiger partial charge is 0.126 e. The highest BCUT2D eigenvalue weighted by Crippen LogP contribution is 2.28. The molecule has 0 bridgehead atoms. The largest absolute Gasteiger partial charge is 0.396 e. The maximum Gasteiger partial charge on any atom is 0.126 e. The SMILES string of the molecule is C=C(C)c1nc(-c2ccc(NCC)nc2CC)c(CC)nc1C.CC(C)CCO. The van der Waals surface area contributed by atoms with Crippen LogP contribution in [0.3, 0.4) is 0 Å². The highest BCUT2D eigenvalue weighted by Gasteiger charge is 2.16. The van der Waals surface area contributed by atoms with E-state index in [1.54, 1.807) is 0 Å². The summed E-state index contributed by atoms with van der Waals surface area (Å²) in [6.45, 7) is 19.7. The molecule has 0 spiro atoms. The van der Waals surface area contributed by atoms with Crippen molar-refractivity contribution in [3.63, 3.8) is 0 Å². The Labute approximate surface area is 176 Å². The van der Waals surface area contributed by atoms with Gasteiger partial charge in [-0.05, 0) is 63.7 Å². The zero-order valence-electron chi connectivity index (χ0n) is 19.3. The predicted molar refractivity (Wildman–Crippen MR) is 124 cm³/mol. The van der Waals surface area contributed by atoms with E-state index < -0.39 is 0 Å². The zero-order valence-corrected chi connectivity index (χ0v) is 19.3. The number of aliphatic hydroxyl groups excluding tert-OH is 1. The molecule has 0 fully saturated rings. The first-order valence-corrected chi connectivity index (χ1v) is 10.7. The van der Waals surface area contributed by atoms with Gasteiger partial charge in [-0.1, -0.05) is 34.3 Å². The number of nitrogens with zero attached hydrogens (tertiary/aromatic N) is 3. The van der Waals surface area contributed by atoms with Gasteiger partial charge in [-0.25, -0.2) is 9.97 Å². The molecule has 2 N–H and O–H groups in total. The van der Waals surface area contributed by atoms with Crippen LogP contribution in [0.4, 0.5) is 5.82 Å². The lowest BCUT2D eigenvalue weighted by Crippen LogP contribution is -2.07. The Morgan fingerprint density at radius 3 is 2.17 bits per heavy atom. The van der Waals surface area contributed by atoms with Crippen molar-refractivity contribution in [1.82, 2.24) is 15.0 Å². The van der Waals surface area contributed by atoms with Crippen LogP contribution in [0.25, 0.3) is 16.8 Å². The van der Waals surface area contributed by atoms with Crippen LogP contribution in [-0.2, 0) is 12.8 Å². The molecular formula is C24H38N4O. The number of anilines is 1. The van der Waals surface area contributed by atoms with E-state index in [0.717, 1.165) is 71.2 Å². The molecule has 0 radical (unpaired) electrons. The molecule has 29 heavy (non-hydrogen) atoms. The molecule has 0 aliphatic carbocycles. The summed E-state index contributed by atoms with van der Waals surface area (Å²) >= 11 is 0. The Hall–Kier alpha value is -2.27. The number of rotatable bonds is 8. The number of nitrogens with one attached hydrogen (secondary N) is 1. The molecule has 0 saturated carbocycles. The lowest BCUT2D eigenvalue weighted by atomic mass is 10.0. The minimum absolute atomic E-state index is 0.331. The topological polar surface area (TPSA) is 70.9 Å². The molecule has 2 heterocycles. The van der Waals surface area contributed by atoms with Crippen LogP contribution < -0.4 is 5.32 Å². The van der Waals surface area contributed by atoms with Gasteiger partial charge in [0, 0.05) is 18.7 Å². The van der Waals surface area contributed by atoms with Gasteiger partial charge in [0.1, 0.15) is 5.82 Å². The summed E-state index contributed by atoms with van der Waals surface area (Å²) in [5.74, 6) is 1.56. The lowest BCUT2D eigenvalue weighted by Gasteiger charge is -2.15. The summed E-state index contributed by atoms with van der Waals surface area (Å²) in [4.78, 5) is 14.4. The summed E-state index contributed by atoms with van der Waals surface area (Å²) in [7, 11) is 0. The monoisotopic (exact) mass is 398 g/mol. The Balaban J connectivity index is 0.000000612. The normalized spacial score (nSPS) is 10.5. The molecule has 0 saturated heterocycles. The first-order valence-electron chi connectivity index (χ1n) is 10.7. The van der Waals surface area contributed by atoms with Crippen LogP contribution in [0.1, 0.15) is 70.7 Å². The molecule has 160 valence electrons. The summed E-state index contributed by atoms with van der Waals surface area (Å²) in [5.41, 5.74) is 6.83. The van der Waals surface area contributed by atoms with Crippen molar-refractivity contribution in [2.45, 2.75) is 67.7 Å². The van der Waals surface area contributed by atoms with Crippen LogP contribution in [-0.4, -0.2) is 33.2 Å². The molecule has 0 atom stereocenters. The molecule has 0 unspecified atom stereocenters. The van der Waals surface area contributed by atoms with E-state index >= 15 is 0 Å². The molecular weight excluding hydrogens is 360 g/mol. The predicted octanol–water partition coefficient (Wildman–Crippen LogP) is 5.46.